The maximum atomic E-state index is 11.8. The molecule has 120 valence electrons. The lowest BCUT2D eigenvalue weighted by Crippen LogP contribution is -2.51. The number of aliphatic hydroxyl groups excluding tert-OH is 1. The largest absolute Gasteiger partial charge is 0.445 e. The average Bonchev–Trinajstić information content (AvgIpc) is 2.47. The van der Waals surface area contributed by atoms with Crippen LogP contribution in [0.25, 0.3) is 0 Å². The number of hydrogen-bond donors (Lipinski definition) is 1. The van der Waals surface area contributed by atoms with Crippen molar-refractivity contribution in [2.75, 3.05) is 18.8 Å². The molecule has 1 saturated heterocycles. The van der Waals surface area contributed by atoms with Crippen molar-refractivity contribution in [1.29, 1.82) is 0 Å². The number of carbonyl (C=O) groups excluding carboxylic acids is 2. The van der Waals surface area contributed by atoms with E-state index >= 15 is 0 Å². The Kier molecular flexibility index (Phi) is 6.27. The summed E-state index contributed by atoms with van der Waals surface area (Å²) in [4.78, 5) is 24.3. The highest BCUT2D eigenvalue weighted by atomic mass is 32.2. The molecular weight excluding hydrogens is 302 g/mol. The van der Waals surface area contributed by atoms with Crippen LogP contribution in [-0.4, -0.2) is 46.2 Å². The van der Waals surface area contributed by atoms with Gasteiger partial charge in [0.25, 0.3) is 0 Å². The number of amides is 1. The predicted molar refractivity (Wildman–Crippen MR) is 85.5 cm³/mol. The monoisotopic (exact) mass is 323 g/mol. The lowest BCUT2D eigenvalue weighted by atomic mass is 9.94. The van der Waals surface area contributed by atoms with Crippen molar-refractivity contribution in [1.82, 2.24) is 4.90 Å². The first kappa shape index (κ1) is 16.8. The smallest absolute Gasteiger partial charge is 0.410 e. The molecule has 0 spiro atoms. The molecule has 0 aromatic heterocycles. The lowest BCUT2D eigenvalue weighted by Gasteiger charge is -2.39. The highest BCUT2D eigenvalue weighted by Gasteiger charge is 2.32. The van der Waals surface area contributed by atoms with E-state index in [1.54, 1.807) is 4.90 Å². The summed E-state index contributed by atoms with van der Waals surface area (Å²) in [6.45, 7) is 2.98. The second-order valence-electron chi connectivity index (χ2n) is 5.50. The van der Waals surface area contributed by atoms with Crippen molar-refractivity contribution in [3.8, 4) is 0 Å². The van der Waals surface area contributed by atoms with Gasteiger partial charge in [0.2, 0.25) is 0 Å². The van der Waals surface area contributed by atoms with Crippen LogP contribution in [0.2, 0.25) is 0 Å². The Hall–Kier alpha value is -1.53. The van der Waals surface area contributed by atoms with E-state index in [9.17, 15) is 14.7 Å². The first-order valence-electron chi connectivity index (χ1n) is 7.31. The minimum Gasteiger partial charge on any atom is -0.445 e. The third-order valence-electron chi connectivity index (χ3n) is 3.50. The van der Waals surface area contributed by atoms with E-state index in [4.69, 9.17) is 4.74 Å². The molecule has 1 fully saturated rings. The molecule has 6 heteroatoms. The van der Waals surface area contributed by atoms with E-state index in [0.717, 1.165) is 17.3 Å². The number of likely N-dealkylation sites (tertiary alicyclic amines) is 1. The van der Waals surface area contributed by atoms with Crippen LogP contribution in [0.15, 0.2) is 30.3 Å². The summed E-state index contributed by atoms with van der Waals surface area (Å²) >= 11 is 1.13. The van der Waals surface area contributed by atoms with Crippen molar-refractivity contribution < 1.29 is 19.4 Å². The topological polar surface area (TPSA) is 66.8 Å². The number of rotatable bonds is 6. The van der Waals surface area contributed by atoms with E-state index in [2.05, 4.69) is 0 Å². The van der Waals surface area contributed by atoms with Gasteiger partial charge in [-0.2, -0.15) is 0 Å². The number of thioether (sulfide) groups is 1. The fraction of sp³-hybridized carbons (Fsp3) is 0.500. The summed E-state index contributed by atoms with van der Waals surface area (Å²) in [6.07, 6.45) is -0.197. The quantitative estimate of drug-likeness (QED) is 0.870. The molecule has 1 heterocycles. The van der Waals surface area contributed by atoms with E-state index in [1.165, 1.54) is 6.92 Å². The zero-order chi connectivity index (χ0) is 15.9. The van der Waals surface area contributed by atoms with Crippen molar-refractivity contribution in [2.45, 2.75) is 26.1 Å². The van der Waals surface area contributed by atoms with Gasteiger partial charge in [0.05, 0.1) is 6.10 Å². The van der Waals surface area contributed by atoms with Crippen LogP contribution >= 0.6 is 11.8 Å². The molecule has 1 aromatic rings. The van der Waals surface area contributed by atoms with Crippen LogP contribution in [-0.2, 0) is 16.1 Å². The van der Waals surface area contributed by atoms with Crippen LogP contribution in [0.3, 0.4) is 0 Å². The van der Waals surface area contributed by atoms with E-state index < -0.39 is 6.10 Å². The average molecular weight is 323 g/mol. The number of ether oxygens (including phenoxy) is 1. The molecule has 1 atom stereocenters. The predicted octanol–water partition coefficient (Wildman–Crippen LogP) is 2.29. The van der Waals surface area contributed by atoms with Crippen molar-refractivity contribution >= 4 is 23.0 Å². The zero-order valence-electron chi connectivity index (χ0n) is 12.6. The van der Waals surface area contributed by atoms with Crippen LogP contribution < -0.4 is 0 Å². The summed E-state index contributed by atoms with van der Waals surface area (Å²) in [6, 6.07) is 9.55. The molecule has 0 aliphatic carbocycles. The summed E-state index contributed by atoms with van der Waals surface area (Å²) in [5, 5.41) is 9.82. The molecule has 1 amide bonds. The van der Waals surface area contributed by atoms with Gasteiger partial charge in [-0.1, -0.05) is 42.1 Å². The lowest BCUT2D eigenvalue weighted by molar-refractivity contribution is -0.109. The van der Waals surface area contributed by atoms with Crippen molar-refractivity contribution in [2.24, 2.45) is 5.92 Å². The number of nitrogens with zero attached hydrogens (tertiary/aromatic N) is 1. The molecular formula is C16H21NO4S. The van der Waals surface area contributed by atoms with Gasteiger partial charge in [0.1, 0.15) is 6.61 Å². The number of aliphatic hydroxyl groups is 1. The van der Waals surface area contributed by atoms with Crippen LogP contribution in [0.1, 0.15) is 18.9 Å². The fourth-order valence-corrected chi connectivity index (χ4v) is 2.91. The highest BCUT2D eigenvalue weighted by molar-refractivity contribution is 8.13. The summed E-state index contributed by atoms with van der Waals surface area (Å²) < 4.78 is 5.24. The normalized spacial score (nSPS) is 16.0. The maximum Gasteiger partial charge on any atom is 0.410 e. The van der Waals surface area contributed by atoms with Crippen LogP contribution in [0.5, 0.6) is 0 Å². The highest BCUT2D eigenvalue weighted by Crippen LogP contribution is 2.23. The second kappa shape index (κ2) is 8.19. The van der Waals surface area contributed by atoms with Gasteiger partial charge < -0.3 is 14.7 Å². The Morgan fingerprint density at radius 3 is 2.68 bits per heavy atom. The van der Waals surface area contributed by atoms with Crippen molar-refractivity contribution in [3.63, 3.8) is 0 Å². The standard InChI is InChI=1S/C16H21NO4S/c1-12(18)22-11-15(19)7-14-8-17(9-14)16(20)21-10-13-5-3-2-4-6-13/h2-6,14-15,19H,7-11H2,1H3. The van der Waals surface area contributed by atoms with E-state index in [0.29, 0.717) is 25.3 Å². The first-order chi connectivity index (χ1) is 10.5. The molecule has 1 aliphatic heterocycles. The molecule has 2 rings (SSSR count). The molecule has 1 aromatic carbocycles. The van der Waals surface area contributed by atoms with Crippen molar-refractivity contribution in [3.05, 3.63) is 35.9 Å². The zero-order valence-corrected chi connectivity index (χ0v) is 13.4. The minimum atomic E-state index is -0.499. The van der Waals surface area contributed by atoms with Gasteiger partial charge in [-0.3, -0.25) is 4.79 Å². The SMILES string of the molecule is CC(=O)SCC(O)CC1CN(C(=O)OCc2ccccc2)C1. The third-order valence-corrected chi connectivity index (χ3v) is 4.46. The Bertz CT molecular complexity index is 502. The Balaban J connectivity index is 1.61. The Morgan fingerprint density at radius 2 is 2.05 bits per heavy atom. The molecule has 0 radical (unpaired) electrons. The van der Waals surface area contributed by atoms with Gasteiger partial charge in [-0.25, -0.2) is 4.79 Å². The fourth-order valence-electron chi connectivity index (χ4n) is 2.34. The third kappa shape index (κ3) is 5.35. The molecule has 0 saturated carbocycles. The summed E-state index contributed by atoms with van der Waals surface area (Å²) in [7, 11) is 0. The first-order valence-corrected chi connectivity index (χ1v) is 8.30. The van der Waals surface area contributed by atoms with Crippen LogP contribution in [0, 0.1) is 5.92 Å². The summed E-state index contributed by atoms with van der Waals surface area (Å²) in [5.41, 5.74) is 0.963. The Labute approximate surface area is 134 Å². The van der Waals surface area contributed by atoms with Crippen LogP contribution in [0.4, 0.5) is 4.79 Å². The van der Waals surface area contributed by atoms with Gasteiger partial charge in [0.15, 0.2) is 5.12 Å². The minimum absolute atomic E-state index is 0.0128. The van der Waals surface area contributed by atoms with Gasteiger partial charge >= 0.3 is 6.09 Å². The molecule has 1 N–H and O–H groups in total. The van der Waals surface area contributed by atoms with E-state index in [1.807, 2.05) is 30.3 Å². The van der Waals surface area contributed by atoms with Gasteiger partial charge in [-0.15, -0.1) is 0 Å². The number of carbonyl (C=O) groups is 2. The summed E-state index contributed by atoms with van der Waals surface area (Å²) in [5.74, 6) is 0.705. The molecule has 5 nitrogen and oxygen atoms in total. The number of benzene rings is 1. The second-order valence-corrected chi connectivity index (χ2v) is 6.70. The van der Waals surface area contributed by atoms with Gasteiger partial charge in [-0.05, 0) is 17.9 Å². The molecule has 1 unspecified atom stereocenters. The van der Waals surface area contributed by atoms with E-state index in [-0.39, 0.29) is 23.7 Å². The molecule has 0 bridgehead atoms. The number of hydrogen-bond acceptors (Lipinski definition) is 5. The van der Waals surface area contributed by atoms with Gasteiger partial charge in [0, 0.05) is 25.8 Å². The maximum absolute atomic E-state index is 11.8. The molecule has 1 aliphatic rings. The Morgan fingerprint density at radius 1 is 1.36 bits per heavy atom. The molecule has 22 heavy (non-hydrogen) atoms.